The number of benzene rings is 2. The van der Waals surface area contributed by atoms with Crippen molar-refractivity contribution in [3.8, 4) is 11.1 Å². The van der Waals surface area contributed by atoms with Gasteiger partial charge in [0.2, 0.25) is 5.91 Å². The largest absolute Gasteiger partial charge is 0.480 e. The van der Waals surface area contributed by atoms with Gasteiger partial charge in [0.15, 0.2) is 24.5 Å². The van der Waals surface area contributed by atoms with Gasteiger partial charge in [-0.1, -0.05) is 48.5 Å². The van der Waals surface area contributed by atoms with Gasteiger partial charge in [-0.15, -0.1) is 0 Å². The summed E-state index contributed by atoms with van der Waals surface area (Å²) in [6, 6.07) is 12.5. The van der Waals surface area contributed by atoms with E-state index < -0.39 is 85.8 Å². The first kappa shape index (κ1) is 34.8. The number of carboxylic acids is 1. The molecule has 2 aromatic carbocycles. The van der Waals surface area contributed by atoms with E-state index in [-0.39, 0.29) is 12.5 Å². The van der Waals surface area contributed by atoms with Crippen LogP contribution in [-0.4, -0.2) is 97.5 Å². The Kier molecular flexibility index (Phi) is 11.5. The monoisotopic (exact) mass is 656 g/mol. The van der Waals surface area contributed by atoms with Gasteiger partial charge in [0.1, 0.15) is 25.4 Å². The summed E-state index contributed by atoms with van der Waals surface area (Å²) in [5, 5.41) is 14.6. The quantitative estimate of drug-likeness (QED) is 0.220. The van der Waals surface area contributed by atoms with E-state index in [4.69, 9.17) is 28.4 Å². The minimum atomic E-state index is -1.66. The van der Waals surface area contributed by atoms with Crippen LogP contribution in [0.25, 0.3) is 11.1 Å². The molecule has 1 aliphatic heterocycles. The van der Waals surface area contributed by atoms with E-state index in [1.165, 1.54) is 0 Å². The first-order valence-electron chi connectivity index (χ1n) is 14.7. The molecular weight excluding hydrogens is 620 g/mol. The Morgan fingerprint density at radius 1 is 0.787 bits per heavy atom. The fourth-order valence-electron chi connectivity index (χ4n) is 5.58. The Labute approximate surface area is 269 Å². The second-order valence-electron chi connectivity index (χ2n) is 10.9. The Morgan fingerprint density at radius 3 is 1.89 bits per heavy atom. The molecule has 3 N–H and O–H groups in total. The van der Waals surface area contributed by atoms with Crippen LogP contribution in [0.2, 0.25) is 0 Å². The lowest BCUT2D eigenvalue weighted by Crippen LogP contribution is -2.67. The van der Waals surface area contributed by atoms with Gasteiger partial charge in [0.25, 0.3) is 0 Å². The average molecular weight is 657 g/mol. The Bertz CT molecular complexity index is 1470. The molecule has 15 heteroatoms. The van der Waals surface area contributed by atoms with Crippen molar-refractivity contribution in [1.29, 1.82) is 0 Å². The minimum Gasteiger partial charge on any atom is -0.480 e. The third-order valence-electron chi connectivity index (χ3n) is 7.43. The van der Waals surface area contributed by atoms with E-state index >= 15 is 0 Å². The number of alkyl carbamates (subject to hydrolysis) is 1. The van der Waals surface area contributed by atoms with Crippen LogP contribution in [0.1, 0.15) is 44.7 Å². The van der Waals surface area contributed by atoms with Crippen LogP contribution >= 0.6 is 0 Å². The van der Waals surface area contributed by atoms with Crippen molar-refractivity contribution in [2.45, 2.75) is 70.3 Å². The highest BCUT2D eigenvalue weighted by atomic mass is 16.7. The average Bonchev–Trinajstić information content (AvgIpc) is 3.32. The van der Waals surface area contributed by atoms with Gasteiger partial charge in [-0.3, -0.25) is 19.2 Å². The molecular formula is C32H36N2O13. The van der Waals surface area contributed by atoms with Gasteiger partial charge in [-0.05, 0) is 22.3 Å². The van der Waals surface area contributed by atoms with E-state index in [0.29, 0.717) is 0 Å². The van der Waals surface area contributed by atoms with Crippen molar-refractivity contribution < 1.29 is 62.3 Å². The summed E-state index contributed by atoms with van der Waals surface area (Å²) in [5.41, 5.74) is 3.97. The van der Waals surface area contributed by atoms with Gasteiger partial charge in [0, 0.05) is 33.6 Å². The first-order chi connectivity index (χ1) is 22.3. The lowest BCUT2D eigenvalue weighted by molar-refractivity contribution is -0.278. The number of carbonyl (C=O) groups is 6. The number of hydrogen-bond donors (Lipinski definition) is 3. The van der Waals surface area contributed by atoms with E-state index in [0.717, 1.165) is 49.9 Å². The molecule has 6 atom stereocenters. The van der Waals surface area contributed by atoms with Crippen LogP contribution in [0.4, 0.5) is 4.79 Å². The van der Waals surface area contributed by atoms with E-state index in [9.17, 15) is 33.9 Å². The number of carboxylic acid groups (broad SMARTS) is 1. The number of nitrogens with one attached hydrogen (secondary N) is 2. The molecule has 0 saturated carbocycles. The summed E-state index contributed by atoms with van der Waals surface area (Å²) in [6.07, 6.45) is -6.58. The summed E-state index contributed by atoms with van der Waals surface area (Å²) in [7, 11) is 0. The number of hydrogen-bond acceptors (Lipinski definition) is 12. The summed E-state index contributed by atoms with van der Waals surface area (Å²) >= 11 is 0. The standard InChI is InChI=1S/C32H36N2O13/c1-16(35)33-27-29(46-19(4)38)28(45-18(3)37)26(15-42-17(2)36)47-31(27)43-14-25(30(39)40)34-32(41)44-13-24-22-11-7-5-9-20(22)21-10-6-8-12-23(21)24/h5-12,24-29,31H,13-15H2,1-4H3,(H,33,35)(H,34,41)(H,39,40)/t25-,26-,27+,28-,29+,31-/m0/s1. The van der Waals surface area contributed by atoms with Crippen molar-refractivity contribution in [3.63, 3.8) is 0 Å². The smallest absolute Gasteiger partial charge is 0.407 e. The molecule has 2 aliphatic rings. The van der Waals surface area contributed by atoms with Gasteiger partial charge < -0.3 is 44.2 Å². The molecule has 47 heavy (non-hydrogen) atoms. The van der Waals surface area contributed by atoms with Crippen molar-refractivity contribution in [3.05, 3.63) is 59.7 Å². The molecule has 15 nitrogen and oxygen atoms in total. The predicted molar refractivity (Wildman–Crippen MR) is 160 cm³/mol. The Hall–Kier alpha value is -5.02. The molecule has 2 aromatic rings. The topological polar surface area (TPSA) is 202 Å². The third kappa shape index (κ3) is 8.83. The summed E-state index contributed by atoms with van der Waals surface area (Å²) in [5.74, 6) is -4.65. The van der Waals surface area contributed by atoms with Crippen molar-refractivity contribution >= 4 is 35.9 Å². The number of ether oxygens (including phenoxy) is 6. The minimum absolute atomic E-state index is 0.0666. The number of amides is 2. The molecule has 0 aromatic heterocycles. The van der Waals surface area contributed by atoms with Crippen LogP contribution < -0.4 is 10.6 Å². The maximum Gasteiger partial charge on any atom is 0.407 e. The normalized spacial score (nSPS) is 22.1. The van der Waals surface area contributed by atoms with Gasteiger partial charge in [-0.2, -0.15) is 0 Å². The summed E-state index contributed by atoms with van der Waals surface area (Å²) < 4.78 is 32.8. The van der Waals surface area contributed by atoms with E-state index in [2.05, 4.69) is 10.6 Å². The second kappa shape index (κ2) is 15.5. The number of carbonyl (C=O) groups excluding carboxylic acids is 5. The van der Waals surface area contributed by atoms with Crippen LogP contribution in [-0.2, 0) is 52.4 Å². The SMILES string of the molecule is CC(=O)N[C@H]1[C@@H](OC[C@H](NC(=O)OCC2c3ccccc3-c3ccccc32)C(=O)O)O[C@@H](COC(C)=O)[C@H](OC(C)=O)[C@@H]1OC(C)=O. The fraction of sp³-hybridized carbons (Fsp3) is 0.438. The predicted octanol–water partition coefficient (Wildman–Crippen LogP) is 1.65. The van der Waals surface area contributed by atoms with Crippen molar-refractivity contribution in [1.82, 2.24) is 10.6 Å². The maximum atomic E-state index is 12.8. The molecule has 0 radical (unpaired) electrons. The molecule has 1 saturated heterocycles. The Balaban J connectivity index is 1.48. The van der Waals surface area contributed by atoms with Gasteiger partial charge in [-0.25, -0.2) is 9.59 Å². The molecule has 0 spiro atoms. The van der Waals surface area contributed by atoms with E-state index in [1.54, 1.807) is 0 Å². The highest BCUT2D eigenvalue weighted by Gasteiger charge is 2.51. The molecule has 0 bridgehead atoms. The zero-order chi connectivity index (χ0) is 34.2. The number of aliphatic carboxylic acids is 1. The van der Waals surface area contributed by atoms with Gasteiger partial charge >= 0.3 is 30.0 Å². The third-order valence-corrected chi connectivity index (χ3v) is 7.43. The number of esters is 3. The molecule has 1 aliphatic carbocycles. The summed E-state index contributed by atoms with van der Waals surface area (Å²) in [6.45, 7) is 3.23. The molecule has 1 fully saturated rings. The van der Waals surface area contributed by atoms with Gasteiger partial charge in [0.05, 0.1) is 6.61 Å². The van der Waals surface area contributed by atoms with Crippen LogP contribution in [0.3, 0.4) is 0 Å². The molecule has 2 amide bonds. The van der Waals surface area contributed by atoms with Crippen LogP contribution in [0.15, 0.2) is 48.5 Å². The molecule has 0 unspecified atom stereocenters. The lowest BCUT2D eigenvalue weighted by atomic mass is 9.96. The highest BCUT2D eigenvalue weighted by Crippen LogP contribution is 2.44. The molecule has 4 rings (SSSR count). The maximum absolute atomic E-state index is 12.8. The van der Waals surface area contributed by atoms with E-state index in [1.807, 2.05) is 48.5 Å². The zero-order valence-electron chi connectivity index (χ0n) is 26.1. The highest BCUT2D eigenvalue weighted by molar-refractivity contribution is 5.81. The van der Waals surface area contributed by atoms with Crippen molar-refractivity contribution in [2.75, 3.05) is 19.8 Å². The van der Waals surface area contributed by atoms with Crippen molar-refractivity contribution in [2.24, 2.45) is 0 Å². The molecule has 252 valence electrons. The fourth-order valence-corrected chi connectivity index (χ4v) is 5.58. The van der Waals surface area contributed by atoms with Crippen LogP contribution in [0.5, 0.6) is 0 Å². The first-order valence-corrected chi connectivity index (χ1v) is 14.7. The number of fused-ring (bicyclic) bond motifs is 3. The zero-order valence-corrected chi connectivity index (χ0v) is 26.1. The molecule has 1 heterocycles. The Morgan fingerprint density at radius 2 is 1.36 bits per heavy atom. The second-order valence-corrected chi connectivity index (χ2v) is 10.9. The summed E-state index contributed by atoms with van der Waals surface area (Å²) in [4.78, 5) is 72.6. The number of rotatable bonds is 12. The lowest BCUT2D eigenvalue weighted by Gasteiger charge is -2.45. The van der Waals surface area contributed by atoms with Crippen LogP contribution in [0, 0.1) is 0 Å².